The van der Waals surface area contributed by atoms with Gasteiger partial charge >= 0.3 is 18.7 Å². The molecule has 0 fully saturated rings. The van der Waals surface area contributed by atoms with Crippen LogP contribution in [0.15, 0.2) is 66.7 Å². The van der Waals surface area contributed by atoms with Gasteiger partial charge in [-0.25, -0.2) is 4.39 Å². The second-order valence-electron chi connectivity index (χ2n) is 7.87. The summed E-state index contributed by atoms with van der Waals surface area (Å²) in [5.41, 5.74) is -1.53. The number of aliphatic hydroxyl groups excluding tert-OH is 1. The molecule has 0 bridgehead atoms. The van der Waals surface area contributed by atoms with Crippen molar-refractivity contribution < 1.29 is 58.5 Å². The van der Waals surface area contributed by atoms with Gasteiger partial charge in [-0.15, -0.1) is 13.2 Å². The van der Waals surface area contributed by atoms with Gasteiger partial charge in [0.25, 0.3) is 0 Å². The maximum atomic E-state index is 13.5. The Labute approximate surface area is 208 Å². The highest BCUT2D eigenvalue weighted by molar-refractivity contribution is 5.52. The van der Waals surface area contributed by atoms with E-state index in [1.807, 2.05) is 0 Å². The maximum Gasteiger partial charge on any atom is 0.573 e. The van der Waals surface area contributed by atoms with Gasteiger partial charge in [0.15, 0.2) is 6.10 Å². The minimum Gasteiger partial charge on any atom is -0.457 e. The first-order valence-corrected chi connectivity index (χ1v) is 10.5. The van der Waals surface area contributed by atoms with E-state index in [0.29, 0.717) is 12.1 Å². The Balaban J connectivity index is 1.91. The van der Waals surface area contributed by atoms with E-state index in [1.165, 1.54) is 30.3 Å². The predicted molar refractivity (Wildman–Crippen MR) is 114 cm³/mol. The number of nitrogens with zero attached hydrogens (tertiary/aromatic N) is 1. The quantitative estimate of drug-likeness (QED) is 0.292. The Morgan fingerprint density at radius 2 is 1.39 bits per heavy atom. The molecule has 0 spiro atoms. The van der Waals surface area contributed by atoms with Crippen LogP contribution in [0.1, 0.15) is 11.1 Å². The van der Waals surface area contributed by atoms with E-state index < -0.39 is 60.8 Å². The third kappa shape index (κ3) is 8.16. The van der Waals surface area contributed by atoms with Gasteiger partial charge in [0.1, 0.15) is 23.1 Å². The molecule has 0 radical (unpaired) electrons. The number of anilines is 1. The highest BCUT2D eigenvalue weighted by atomic mass is 19.4. The fourth-order valence-corrected chi connectivity index (χ4v) is 3.30. The lowest BCUT2D eigenvalue weighted by molar-refractivity contribution is -0.274. The molecule has 1 N–H and O–H groups in total. The number of hydrogen-bond acceptors (Lipinski definition) is 4. The molecule has 0 amide bonds. The zero-order chi connectivity index (χ0) is 28.3. The fourth-order valence-electron chi connectivity index (χ4n) is 3.30. The van der Waals surface area contributed by atoms with Gasteiger partial charge in [-0.1, -0.05) is 18.2 Å². The Hall–Kier alpha value is -3.68. The number of alkyl halides is 9. The molecule has 0 aliphatic carbocycles. The predicted octanol–water partition coefficient (Wildman–Crippen LogP) is 7.47. The van der Waals surface area contributed by atoms with Gasteiger partial charge in [0.2, 0.25) is 0 Å². The molecule has 0 heterocycles. The summed E-state index contributed by atoms with van der Waals surface area (Å²) in [4.78, 5) is 0.976. The lowest BCUT2D eigenvalue weighted by Crippen LogP contribution is -2.40. The molecule has 0 saturated heterocycles. The van der Waals surface area contributed by atoms with Gasteiger partial charge in [-0.05, 0) is 48.0 Å². The standard InChI is InChI=1S/C24H17F10NO3/c25-20-8-7-17(11-19(20)22(26,27)28)37-16-5-2-4-15(10-16)35(13-21(36)23(29,30)31)12-14-3-1-6-18(9-14)38-24(32,33)34/h1-11,21,36H,12-13H2. The lowest BCUT2D eigenvalue weighted by atomic mass is 10.1. The van der Waals surface area contributed by atoms with Crippen LogP contribution in [0.4, 0.5) is 49.6 Å². The van der Waals surface area contributed by atoms with Gasteiger partial charge in [-0.3, -0.25) is 0 Å². The fraction of sp³-hybridized carbons (Fsp3) is 0.250. The van der Waals surface area contributed by atoms with Crippen LogP contribution < -0.4 is 14.4 Å². The highest BCUT2D eigenvalue weighted by Gasteiger charge is 2.39. The average molecular weight is 557 g/mol. The van der Waals surface area contributed by atoms with Crippen LogP contribution in [-0.2, 0) is 12.7 Å². The third-order valence-corrected chi connectivity index (χ3v) is 4.94. The van der Waals surface area contributed by atoms with Crippen LogP contribution in [0.25, 0.3) is 0 Å². The van der Waals surface area contributed by atoms with Gasteiger partial charge in [0, 0.05) is 18.3 Å². The van der Waals surface area contributed by atoms with Crippen molar-refractivity contribution in [3.05, 3.63) is 83.7 Å². The summed E-state index contributed by atoms with van der Waals surface area (Å²) in [7, 11) is 0. The number of halogens is 10. The summed E-state index contributed by atoms with van der Waals surface area (Å²) < 4.78 is 139. The van der Waals surface area contributed by atoms with Crippen molar-refractivity contribution in [3.63, 3.8) is 0 Å². The summed E-state index contributed by atoms with van der Waals surface area (Å²) in [6.07, 6.45) is -17.9. The van der Waals surface area contributed by atoms with Crippen molar-refractivity contribution in [1.82, 2.24) is 0 Å². The van der Waals surface area contributed by atoms with E-state index >= 15 is 0 Å². The molecule has 1 unspecified atom stereocenters. The zero-order valence-corrected chi connectivity index (χ0v) is 18.8. The second kappa shape index (κ2) is 11.0. The van der Waals surface area contributed by atoms with Gasteiger partial charge < -0.3 is 19.5 Å². The van der Waals surface area contributed by atoms with Gasteiger partial charge in [-0.2, -0.15) is 26.3 Å². The molecule has 0 aliphatic heterocycles. The van der Waals surface area contributed by atoms with E-state index in [9.17, 15) is 49.0 Å². The van der Waals surface area contributed by atoms with Crippen LogP contribution in [0, 0.1) is 5.82 Å². The van der Waals surface area contributed by atoms with E-state index in [-0.39, 0.29) is 17.0 Å². The Morgan fingerprint density at radius 1 is 0.763 bits per heavy atom. The van der Waals surface area contributed by atoms with Crippen LogP contribution in [-0.4, -0.2) is 30.3 Å². The molecule has 0 saturated carbocycles. The molecule has 3 rings (SSSR count). The largest absolute Gasteiger partial charge is 0.573 e. The normalized spacial score (nSPS) is 13.2. The summed E-state index contributed by atoms with van der Waals surface area (Å²) in [5, 5.41) is 9.63. The molecule has 0 aliphatic rings. The van der Waals surface area contributed by atoms with Gasteiger partial charge in [0.05, 0.1) is 12.1 Å². The number of aliphatic hydroxyl groups is 1. The smallest absolute Gasteiger partial charge is 0.457 e. The minimum atomic E-state index is -5.03. The number of benzene rings is 3. The molecule has 38 heavy (non-hydrogen) atoms. The van der Waals surface area contributed by atoms with Crippen molar-refractivity contribution >= 4 is 5.69 Å². The lowest BCUT2D eigenvalue weighted by Gasteiger charge is -2.29. The summed E-state index contributed by atoms with van der Waals surface area (Å²) in [5.74, 6) is -2.74. The minimum absolute atomic E-state index is 0.0221. The SMILES string of the molecule is OC(CN(Cc1cccc(OC(F)(F)F)c1)c1cccc(Oc2ccc(F)c(C(F)(F)F)c2)c1)C(F)(F)F. The monoisotopic (exact) mass is 557 g/mol. The highest BCUT2D eigenvalue weighted by Crippen LogP contribution is 2.36. The van der Waals surface area contributed by atoms with Crippen LogP contribution in [0.3, 0.4) is 0 Å². The van der Waals surface area contributed by atoms with Crippen molar-refractivity contribution in [2.45, 2.75) is 31.4 Å². The van der Waals surface area contributed by atoms with E-state index in [4.69, 9.17) is 4.74 Å². The maximum absolute atomic E-state index is 13.5. The first-order chi connectivity index (χ1) is 17.5. The van der Waals surface area contributed by atoms with Crippen LogP contribution in [0.5, 0.6) is 17.2 Å². The van der Waals surface area contributed by atoms with Crippen molar-refractivity contribution in [2.75, 3.05) is 11.4 Å². The zero-order valence-electron chi connectivity index (χ0n) is 18.8. The first kappa shape index (κ1) is 28.9. The Morgan fingerprint density at radius 3 is 2.03 bits per heavy atom. The topological polar surface area (TPSA) is 41.9 Å². The van der Waals surface area contributed by atoms with Crippen molar-refractivity contribution in [3.8, 4) is 17.2 Å². The summed E-state index contributed by atoms with van der Waals surface area (Å²) >= 11 is 0. The third-order valence-electron chi connectivity index (χ3n) is 4.94. The number of ether oxygens (including phenoxy) is 2. The number of hydrogen-bond donors (Lipinski definition) is 1. The van der Waals surface area contributed by atoms with E-state index in [2.05, 4.69) is 4.74 Å². The van der Waals surface area contributed by atoms with Crippen LogP contribution in [0.2, 0.25) is 0 Å². The molecule has 3 aromatic carbocycles. The summed E-state index contributed by atoms with van der Waals surface area (Å²) in [6.45, 7) is -1.48. The molecule has 206 valence electrons. The molecule has 1 atom stereocenters. The molecule has 14 heteroatoms. The van der Waals surface area contributed by atoms with Crippen molar-refractivity contribution in [2.24, 2.45) is 0 Å². The summed E-state index contributed by atoms with van der Waals surface area (Å²) in [6, 6.07) is 11.2. The van der Waals surface area contributed by atoms with Crippen molar-refractivity contribution in [1.29, 1.82) is 0 Å². The molecule has 0 aromatic heterocycles. The second-order valence-corrected chi connectivity index (χ2v) is 7.87. The Bertz CT molecular complexity index is 1240. The first-order valence-electron chi connectivity index (χ1n) is 10.5. The Kier molecular flexibility index (Phi) is 8.34. The van der Waals surface area contributed by atoms with E-state index in [0.717, 1.165) is 29.2 Å². The van der Waals surface area contributed by atoms with Crippen LogP contribution >= 0.6 is 0 Å². The molecular weight excluding hydrogens is 540 g/mol. The average Bonchev–Trinajstić information content (AvgIpc) is 2.78. The number of rotatable bonds is 8. The molecule has 4 nitrogen and oxygen atoms in total. The van der Waals surface area contributed by atoms with E-state index in [1.54, 1.807) is 0 Å². The molecular formula is C24H17F10NO3. The molecule has 3 aromatic rings.